The van der Waals surface area contributed by atoms with E-state index in [1.54, 1.807) is 12.3 Å². The Morgan fingerprint density at radius 3 is 2.94 bits per heavy atom. The summed E-state index contributed by atoms with van der Waals surface area (Å²) in [7, 11) is 0. The van der Waals surface area contributed by atoms with Gasteiger partial charge in [0.25, 0.3) is 5.91 Å². The van der Waals surface area contributed by atoms with Gasteiger partial charge in [0.05, 0.1) is 0 Å². The van der Waals surface area contributed by atoms with Gasteiger partial charge in [0.2, 0.25) is 0 Å². The van der Waals surface area contributed by atoms with Crippen molar-refractivity contribution in [1.82, 2.24) is 4.98 Å². The largest absolute Gasteiger partial charge is 0.382 e. The van der Waals surface area contributed by atoms with Crippen LogP contribution in [-0.2, 0) is 0 Å². The first kappa shape index (κ1) is 11.3. The fourth-order valence-corrected chi connectivity index (χ4v) is 2.84. The Labute approximate surface area is 99.0 Å². The molecule has 0 saturated carbocycles. The number of aromatic nitrogens is 1. The first-order valence-corrected chi connectivity index (χ1v) is 6.51. The van der Waals surface area contributed by atoms with Gasteiger partial charge in [-0.2, -0.15) is 11.8 Å². The van der Waals surface area contributed by atoms with E-state index in [1.165, 1.54) is 24.3 Å². The minimum Gasteiger partial charge on any atom is -0.382 e. The molecule has 1 saturated heterocycles. The van der Waals surface area contributed by atoms with Crippen molar-refractivity contribution in [1.29, 1.82) is 0 Å². The van der Waals surface area contributed by atoms with E-state index in [9.17, 15) is 4.79 Å². The van der Waals surface area contributed by atoms with Gasteiger partial charge in [-0.25, -0.2) is 0 Å². The van der Waals surface area contributed by atoms with Gasteiger partial charge in [0.15, 0.2) is 0 Å². The van der Waals surface area contributed by atoms with Crippen LogP contribution < -0.4 is 11.1 Å². The first-order valence-electron chi connectivity index (χ1n) is 5.36. The monoisotopic (exact) mass is 237 g/mol. The number of rotatable bonds is 3. The summed E-state index contributed by atoms with van der Waals surface area (Å²) in [5.74, 6) is 1.92. The highest BCUT2D eigenvalue weighted by Gasteiger charge is 2.13. The summed E-state index contributed by atoms with van der Waals surface area (Å²) in [6.07, 6.45) is 3.94. The molecule has 1 fully saturated rings. The summed E-state index contributed by atoms with van der Waals surface area (Å²) in [5, 5.41) is 3.42. The van der Waals surface area contributed by atoms with Crippen molar-refractivity contribution >= 4 is 23.4 Å². The number of carbonyl (C=O) groups excluding carboxylic acids is 1. The van der Waals surface area contributed by atoms with Crippen molar-refractivity contribution in [2.24, 2.45) is 5.73 Å². The van der Waals surface area contributed by atoms with Crippen LogP contribution in [0, 0.1) is 0 Å². The van der Waals surface area contributed by atoms with Crippen LogP contribution in [-0.4, -0.2) is 28.4 Å². The fourth-order valence-electron chi connectivity index (χ4n) is 1.73. The number of hydrogen-bond acceptors (Lipinski definition) is 4. The number of amides is 1. The maximum absolute atomic E-state index is 11.0. The average molecular weight is 237 g/mol. The number of carbonyl (C=O) groups is 1. The Kier molecular flexibility index (Phi) is 3.66. The van der Waals surface area contributed by atoms with E-state index < -0.39 is 5.91 Å². The Morgan fingerprint density at radius 1 is 1.50 bits per heavy atom. The Bertz CT molecular complexity index is 377. The second kappa shape index (κ2) is 5.21. The summed E-state index contributed by atoms with van der Waals surface area (Å²) >= 11 is 1.99. The molecular formula is C11H15N3OS. The topological polar surface area (TPSA) is 68.0 Å². The standard InChI is InChI=1S/C11H15N3OS/c12-11(15)10-7-9(1-4-13-10)14-8-2-5-16-6-3-8/h1,4,7-8H,2-3,5-6H2,(H2,12,15)(H,13,14). The summed E-state index contributed by atoms with van der Waals surface area (Å²) in [4.78, 5) is 14.9. The second-order valence-corrected chi connectivity index (χ2v) is 5.05. The zero-order chi connectivity index (χ0) is 11.4. The number of anilines is 1. The molecule has 4 nitrogen and oxygen atoms in total. The summed E-state index contributed by atoms with van der Waals surface area (Å²) in [6, 6.07) is 4.09. The molecule has 16 heavy (non-hydrogen) atoms. The molecule has 0 radical (unpaired) electrons. The third kappa shape index (κ3) is 2.88. The van der Waals surface area contributed by atoms with E-state index in [-0.39, 0.29) is 0 Å². The fraction of sp³-hybridized carbons (Fsp3) is 0.455. The van der Waals surface area contributed by atoms with E-state index >= 15 is 0 Å². The van der Waals surface area contributed by atoms with E-state index in [0.717, 1.165) is 5.69 Å². The number of hydrogen-bond donors (Lipinski definition) is 2. The molecule has 5 heteroatoms. The zero-order valence-corrected chi connectivity index (χ0v) is 9.80. The van der Waals surface area contributed by atoms with E-state index in [2.05, 4.69) is 10.3 Å². The molecule has 1 amide bonds. The number of pyridine rings is 1. The van der Waals surface area contributed by atoms with Gasteiger partial charge in [-0.1, -0.05) is 0 Å². The van der Waals surface area contributed by atoms with Crippen LogP contribution in [0.5, 0.6) is 0 Å². The van der Waals surface area contributed by atoms with Gasteiger partial charge < -0.3 is 11.1 Å². The molecule has 1 aromatic heterocycles. The van der Waals surface area contributed by atoms with Crippen molar-refractivity contribution in [3.63, 3.8) is 0 Å². The second-order valence-electron chi connectivity index (χ2n) is 3.82. The van der Waals surface area contributed by atoms with E-state index in [1.807, 2.05) is 17.8 Å². The number of nitrogens with two attached hydrogens (primary N) is 1. The number of nitrogens with one attached hydrogen (secondary N) is 1. The van der Waals surface area contributed by atoms with Crippen LogP contribution in [0.3, 0.4) is 0 Å². The van der Waals surface area contributed by atoms with Crippen LogP contribution in [0.2, 0.25) is 0 Å². The van der Waals surface area contributed by atoms with Crippen molar-refractivity contribution in [2.75, 3.05) is 16.8 Å². The van der Waals surface area contributed by atoms with Gasteiger partial charge in [0.1, 0.15) is 5.69 Å². The van der Waals surface area contributed by atoms with Gasteiger partial charge in [-0.05, 0) is 36.5 Å². The highest BCUT2D eigenvalue weighted by molar-refractivity contribution is 7.99. The summed E-state index contributed by atoms with van der Waals surface area (Å²) in [5.41, 5.74) is 6.43. The maximum Gasteiger partial charge on any atom is 0.267 e. The van der Waals surface area contributed by atoms with Crippen molar-refractivity contribution in [3.8, 4) is 0 Å². The summed E-state index contributed by atoms with van der Waals surface area (Å²) in [6.45, 7) is 0. The predicted octanol–water partition coefficient (Wildman–Crippen LogP) is 1.49. The van der Waals surface area contributed by atoms with Gasteiger partial charge >= 0.3 is 0 Å². The molecule has 0 bridgehead atoms. The van der Waals surface area contributed by atoms with Crippen LogP contribution in [0.25, 0.3) is 0 Å². The van der Waals surface area contributed by atoms with Crippen LogP contribution in [0.15, 0.2) is 18.3 Å². The smallest absolute Gasteiger partial charge is 0.267 e. The SMILES string of the molecule is NC(=O)c1cc(NC2CCSCC2)ccn1. The lowest BCUT2D eigenvalue weighted by Crippen LogP contribution is -2.24. The van der Waals surface area contributed by atoms with Gasteiger partial charge in [0, 0.05) is 17.9 Å². The number of thioether (sulfide) groups is 1. The molecule has 1 aliphatic heterocycles. The predicted molar refractivity (Wildman–Crippen MR) is 66.7 cm³/mol. The third-order valence-corrected chi connectivity index (χ3v) is 3.65. The lowest BCUT2D eigenvalue weighted by molar-refractivity contribution is 0.0995. The number of nitrogens with zero attached hydrogens (tertiary/aromatic N) is 1. The molecule has 86 valence electrons. The molecule has 0 unspecified atom stereocenters. The third-order valence-electron chi connectivity index (χ3n) is 2.60. The summed E-state index contributed by atoms with van der Waals surface area (Å²) < 4.78 is 0. The van der Waals surface area contributed by atoms with Crippen LogP contribution in [0.1, 0.15) is 23.3 Å². The Hall–Kier alpha value is -1.23. The molecule has 0 spiro atoms. The molecule has 3 N–H and O–H groups in total. The number of primary amides is 1. The van der Waals surface area contributed by atoms with Crippen LogP contribution in [0.4, 0.5) is 5.69 Å². The van der Waals surface area contributed by atoms with Gasteiger partial charge in [-0.3, -0.25) is 9.78 Å². The van der Waals surface area contributed by atoms with Gasteiger partial charge in [-0.15, -0.1) is 0 Å². The quantitative estimate of drug-likeness (QED) is 0.835. The van der Waals surface area contributed by atoms with Crippen molar-refractivity contribution in [2.45, 2.75) is 18.9 Å². The Balaban J connectivity index is 2.02. The molecule has 1 aliphatic rings. The average Bonchev–Trinajstić information content (AvgIpc) is 2.30. The van der Waals surface area contributed by atoms with Crippen molar-refractivity contribution in [3.05, 3.63) is 24.0 Å². The minimum atomic E-state index is -0.483. The molecule has 2 rings (SSSR count). The normalized spacial score (nSPS) is 17.0. The highest BCUT2D eigenvalue weighted by Crippen LogP contribution is 2.20. The molecular weight excluding hydrogens is 222 g/mol. The lowest BCUT2D eigenvalue weighted by Gasteiger charge is -2.23. The zero-order valence-electron chi connectivity index (χ0n) is 8.98. The molecule has 0 aromatic carbocycles. The highest BCUT2D eigenvalue weighted by atomic mass is 32.2. The molecule has 1 aromatic rings. The minimum absolute atomic E-state index is 0.315. The van der Waals surface area contributed by atoms with E-state index in [4.69, 9.17) is 5.73 Å². The molecule has 2 heterocycles. The molecule has 0 aliphatic carbocycles. The van der Waals surface area contributed by atoms with E-state index in [0.29, 0.717) is 11.7 Å². The molecule has 0 atom stereocenters. The van der Waals surface area contributed by atoms with Crippen molar-refractivity contribution < 1.29 is 4.79 Å². The lowest BCUT2D eigenvalue weighted by atomic mass is 10.1. The van der Waals surface area contributed by atoms with Crippen LogP contribution >= 0.6 is 11.8 Å². The first-order chi connectivity index (χ1) is 7.75. The maximum atomic E-state index is 11.0. The Morgan fingerprint density at radius 2 is 2.25 bits per heavy atom.